The van der Waals surface area contributed by atoms with Crippen molar-refractivity contribution in [3.05, 3.63) is 28.4 Å². The Hall–Kier alpha value is -3.90. The van der Waals surface area contributed by atoms with Crippen LogP contribution in [0.2, 0.25) is 0 Å². The summed E-state index contributed by atoms with van der Waals surface area (Å²) in [6.45, 7) is 8.12. The number of aromatic amines is 2. The molecule has 3 rings (SSSR count). The third kappa shape index (κ3) is 5.61. The smallest absolute Gasteiger partial charge is 0.411 e. The minimum Gasteiger partial charge on any atom is -0.464 e. The van der Waals surface area contributed by atoms with Crippen LogP contribution >= 0.6 is 0 Å². The highest BCUT2D eigenvalue weighted by molar-refractivity contribution is 5.80. The van der Waals surface area contributed by atoms with Gasteiger partial charge in [-0.3, -0.25) is 24.1 Å². The topological polar surface area (TPSA) is 170 Å². The second-order valence-corrected chi connectivity index (χ2v) is 9.05. The molecule has 0 unspecified atom stereocenters. The first kappa shape index (κ1) is 25.7. The number of esters is 3. The zero-order chi connectivity index (χ0) is 26.1. The van der Waals surface area contributed by atoms with E-state index in [4.69, 9.17) is 18.9 Å². The standard InChI is InChI=1S/C22H28N4O9/c1-10(27)32-8-14-18(33-11(2)28)19(34-12(3)29)17(26(14)21(31)35-22(4,5)6)13-7-23-16-15(13)24-9-25-20(16)30/h7,9,14,17-19,23H,8H2,1-6H3,(H,24,25,30)/t14-,17+,18+,19+/m1/s1. The molecule has 0 aromatic carbocycles. The molecule has 190 valence electrons. The van der Waals surface area contributed by atoms with Crippen LogP contribution in [0.5, 0.6) is 0 Å². The lowest BCUT2D eigenvalue weighted by Gasteiger charge is -2.32. The fourth-order valence-electron chi connectivity index (χ4n) is 4.05. The number of aromatic nitrogens is 3. The second-order valence-electron chi connectivity index (χ2n) is 9.05. The predicted molar refractivity (Wildman–Crippen MR) is 119 cm³/mol. The molecule has 1 aliphatic heterocycles. The summed E-state index contributed by atoms with van der Waals surface area (Å²) in [6.07, 6.45) is -0.657. The number of carbonyl (C=O) groups is 4. The number of H-pyrrole nitrogens is 2. The van der Waals surface area contributed by atoms with Gasteiger partial charge in [0.25, 0.3) is 5.56 Å². The highest BCUT2D eigenvalue weighted by atomic mass is 16.6. The summed E-state index contributed by atoms with van der Waals surface area (Å²) in [4.78, 5) is 72.1. The van der Waals surface area contributed by atoms with Crippen molar-refractivity contribution in [1.29, 1.82) is 0 Å². The van der Waals surface area contributed by atoms with E-state index in [1.807, 2.05) is 0 Å². The largest absolute Gasteiger partial charge is 0.464 e. The van der Waals surface area contributed by atoms with E-state index in [0.29, 0.717) is 5.56 Å². The van der Waals surface area contributed by atoms with E-state index >= 15 is 0 Å². The minimum atomic E-state index is -1.23. The fourth-order valence-corrected chi connectivity index (χ4v) is 4.05. The molecule has 2 N–H and O–H groups in total. The van der Waals surface area contributed by atoms with Gasteiger partial charge >= 0.3 is 24.0 Å². The summed E-state index contributed by atoms with van der Waals surface area (Å²) < 4.78 is 21.8. The molecule has 0 saturated carbocycles. The lowest BCUT2D eigenvalue weighted by atomic mass is 10.0. The van der Waals surface area contributed by atoms with Crippen molar-refractivity contribution < 1.29 is 38.1 Å². The molecule has 3 heterocycles. The fraction of sp³-hybridized carbons (Fsp3) is 0.545. The first-order chi connectivity index (χ1) is 16.3. The first-order valence-electron chi connectivity index (χ1n) is 10.8. The van der Waals surface area contributed by atoms with Gasteiger partial charge < -0.3 is 28.9 Å². The average molecular weight is 492 g/mol. The summed E-state index contributed by atoms with van der Waals surface area (Å²) in [5.74, 6) is -2.05. The van der Waals surface area contributed by atoms with Crippen molar-refractivity contribution in [1.82, 2.24) is 19.9 Å². The lowest BCUT2D eigenvalue weighted by Crippen LogP contribution is -2.47. The highest BCUT2D eigenvalue weighted by Crippen LogP contribution is 2.43. The molecular formula is C22H28N4O9. The van der Waals surface area contributed by atoms with Gasteiger partial charge in [0.2, 0.25) is 0 Å². The molecule has 13 heteroatoms. The number of fused-ring (bicyclic) bond motifs is 1. The Morgan fingerprint density at radius 2 is 1.63 bits per heavy atom. The van der Waals surface area contributed by atoms with E-state index < -0.39 is 59.5 Å². The molecule has 35 heavy (non-hydrogen) atoms. The SMILES string of the molecule is CC(=O)OC[C@@H]1[C@H](OC(C)=O)[C@@H](OC(C)=O)[C@H](c2c[nH]c3c(=O)[nH]cnc23)N1C(=O)OC(C)(C)C. The Balaban J connectivity index is 2.24. The number of carbonyl (C=O) groups excluding carboxylic acids is 4. The molecule has 13 nitrogen and oxygen atoms in total. The maximum Gasteiger partial charge on any atom is 0.411 e. The number of nitrogens with one attached hydrogen (secondary N) is 2. The van der Waals surface area contributed by atoms with E-state index in [0.717, 1.165) is 13.8 Å². The third-order valence-corrected chi connectivity index (χ3v) is 5.15. The van der Waals surface area contributed by atoms with Crippen LogP contribution in [-0.4, -0.2) is 74.3 Å². The molecule has 2 aromatic rings. The van der Waals surface area contributed by atoms with Crippen molar-refractivity contribution in [2.24, 2.45) is 0 Å². The first-order valence-corrected chi connectivity index (χ1v) is 10.8. The summed E-state index contributed by atoms with van der Waals surface area (Å²) in [7, 11) is 0. The lowest BCUT2D eigenvalue weighted by molar-refractivity contribution is -0.165. The van der Waals surface area contributed by atoms with Crippen LogP contribution in [-0.2, 0) is 33.3 Å². The van der Waals surface area contributed by atoms with Gasteiger partial charge in [-0.15, -0.1) is 0 Å². The van der Waals surface area contributed by atoms with Crippen LogP contribution in [0.15, 0.2) is 17.3 Å². The van der Waals surface area contributed by atoms with E-state index in [2.05, 4.69) is 15.0 Å². The quantitative estimate of drug-likeness (QED) is 0.458. The second kappa shape index (κ2) is 9.76. The Kier molecular flexibility index (Phi) is 7.17. The number of likely N-dealkylation sites (tertiary alicyclic amines) is 1. The summed E-state index contributed by atoms with van der Waals surface area (Å²) in [5, 5.41) is 0. The van der Waals surface area contributed by atoms with E-state index in [1.165, 1.54) is 24.3 Å². The van der Waals surface area contributed by atoms with Crippen molar-refractivity contribution >= 4 is 35.0 Å². The van der Waals surface area contributed by atoms with Gasteiger partial charge in [0, 0.05) is 32.5 Å². The number of amides is 1. The van der Waals surface area contributed by atoms with Gasteiger partial charge in [0.05, 0.1) is 6.33 Å². The average Bonchev–Trinajstić information content (AvgIpc) is 3.25. The number of hydrogen-bond acceptors (Lipinski definition) is 10. The van der Waals surface area contributed by atoms with Gasteiger partial charge in [0.1, 0.15) is 35.3 Å². The number of rotatable bonds is 5. The third-order valence-electron chi connectivity index (χ3n) is 5.15. The van der Waals surface area contributed by atoms with Crippen molar-refractivity contribution in [3.63, 3.8) is 0 Å². The molecular weight excluding hydrogens is 464 g/mol. The Labute approximate surface area is 200 Å². The van der Waals surface area contributed by atoms with Gasteiger partial charge in [-0.2, -0.15) is 0 Å². The highest BCUT2D eigenvalue weighted by Gasteiger charge is 2.57. The molecule has 1 aliphatic rings. The minimum absolute atomic E-state index is 0.126. The van der Waals surface area contributed by atoms with Crippen LogP contribution in [0.25, 0.3) is 11.0 Å². The van der Waals surface area contributed by atoms with Crippen molar-refractivity contribution in [2.45, 2.75) is 71.4 Å². The number of ether oxygens (including phenoxy) is 4. The van der Waals surface area contributed by atoms with E-state index in [9.17, 15) is 24.0 Å². The van der Waals surface area contributed by atoms with E-state index in [-0.39, 0.29) is 17.6 Å². The summed E-state index contributed by atoms with van der Waals surface area (Å²) in [6, 6.07) is -2.19. The normalized spacial score (nSPS) is 22.1. The zero-order valence-corrected chi connectivity index (χ0v) is 20.2. The van der Waals surface area contributed by atoms with Crippen LogP contribution < -0.4 is 5.56 Å². The summed E-state index contributed by atoms with van der Waals surface area (Å²) >= 11 is 0. The zero-order valence-electron chi connectivity index (χ0n) is 20.2. The monoisotopic (exact) mass is 492 g/mol. The molecule has 2 aromatic heterocycles. The van der Waals surface area contributed by atoms with Gasteiger partial charge in [-0.25, -0.2) is 9.78 Å². The molecule has 1 saturated heterocycles. The van der Waals surface area contributed by atoms with Crippen molar-refractivity contribution in [2.75, 3.05) is 6.61 Å². The molecule has 1 fully saturated rings. The Bertz CT molecular complexity index is 1200. The molecule has 0 radical (unpaired) electrons. The van der Waals surface area contributed by atoms with E-state index in [1.54, 1.807) is 20.8 Å². The van der Waals surface area contributed by atoms with Crippen LogP contribution in [0.1, 0.15) is 53.1 Å². The van der Waals surface area contributed by atoms with Crippen LogP contribution in [0.3, 0.4) is 0 Å². The van der Waals surface area contributed by atoms with Gasteiger partial charge in [-0.05, 0) is 20.8 Å². The van der Waals surface area contributed by atoms with Crippen LogP contribution in [0, 0.1) is 0 Å². The maximum absolute atomic E-state index is 13.5. The maximum atomic E-state index is 13.5. The molecule has 0 bridgehead atoms. The molecule has 4 atom stereocenters. The molecule has 0 spiro atoms. The van der Waals surface area contributed by atoms with Gasteiger partial charge in [-0.1, -0.05) is 0 Å². The van der Waals surface area contributed by atoms with Gasteiger partial charge in [0.15, 0.2) is 12.2 Å². The van der Waals surface area contributed by atoms with Crippen molar-refractivity contribution in [3.8, 4) is 0 Å². The molecule has 0 aliphatic carbocycles. The predicted octanol–water partition coefficient (Wildman–Crippen LogP) is 1.34. The molecule has 1 amide bonds. The number of nitrogens with zero attached hydrogens (tertiary/aromatic N) is 2. The number of hydrogen-bond donors (Lipinski definition) is 2. The Morgan fingerprint density at radius 1 is 1.00 bits per heavy atom. The Morgan fingerprint density at radius 3 is 2.20 bits per heavy atom. The van der Waals surface area contributed by atoms with Crippen LogP contribution in [0.4, 0.5) is 4.79 Å². The summed E-state index contributed by atoms with van der Waals surface area (Å²) in [5.41, 5.74) is -0.731.